The van der Waals surface area contributed by atoms with E-state index in [0.717, 1.165) is 41.8 Å². The molecule has 9 nitrogen and oxygen atoms in total. The molecule has 0 aliphatic heterocycles. The van der Waals surface area contributed by atoms with Gasteiger partial charge in [0.1, 0.15) is 5.15 Å². The van der Waals surface area contributed by atoms with Crippen LogP contribution in [0.1, 0.15) is 42.5 Å². The zero-order valence-corrected chi connectivity index (χ0v) is 24.0. The molecule has 1 aliphatic rings. The van der Waals surface area contributed by atoms with Gasteiger partial charge in [0.05, 0.1) is 27.4 Å². The van der Waals surface area contributed by atoms with E-state index in [0.29, 0.717) is 27.1 Å². The lowest BCUT2D eigenvalue weighted by molar-refractivity contribution is -0.192. The highest BCUT2D eigenvalue weighted by Crippen LogP contribution is 2.36. The number of carboxylic acid groups (broad SMARTS) is 1. The molecule has 2 aromatic heterocycles. The molecule has 1 saturated carbocycles. The summed E-state index contributed by atoms with van der Waals surface area (Å²) in [5, 5.41) is 10.9. The normalized spacial score (nSPS) is 13.9. The Hall–Kier alpha value is -3.23. The molecule has 1 amide bonds. The van der Waals surface area contributed by atoms with Crippen molar-refractivity contribution in [2.75, 3.05) is 10.0 Å². The van der Waals surface area contributed by atoms with Crippen LogP contribution in [-0.2, 0) is 19.6 Å². The van der Waals surface area contributed by atoms with Crippen LogP contribution in [0, 0.1) is 26.7 Å². The van der Waals surface area contributed by atoms with E-state index in [1.54, 1.807) is 32.0 Å². The molecule has 1 fully saturated rings. The van der Waals surface area contributed by atoms with E-state index < -0.39 is 22.2 Å². The van der Waals surface area contributed by atoms with Crippen molar-refractivity contribution < 1.29 is 36.3 Å². The number of halogens is 4. The summed E-state index contributed by atoms with van der Waals surface area (Å²) in [7, 11) is -3.86. The van der Waals surface area contributed by atoms with Gasteiger partial charge in [-0.3, -0.25) is 9.52 Å². The number of nitrogens with zero attached hydrogens (tertiary/aromatic N) is 2. The van der Waals surface area contributed by atoms with E-state index in [1.807, 2.05) is 13.0 Å². The lowest BCUT2D eigenvalue weighted by Gasteiger charge is -2.12. The van der Waals surface area contributed by atoms with Crippen molar-refractivity contribution in [2.45, 2.75) is 57.5 Å². The molecule has 1 aromatic carbocycles. The molecule has 3 N–H and O–H groups in total. The number of carbonyl (C=O) groups is 2. The van der Waals surface area contributed by atoms with Gasteiger partial charge in [0.2, 0.25) is 5.91 Å². The predicted molar refractivity (Wildman–Crippen MR) is 146 cm³/mol. The summed E-state index contributed by atoms with van der Waals surface area (Å²) >= 11 is 7.30. The fraction of sp³-hybridized carbons (Fsp3) is 0.360. The molecule has 216 valence electrons. The highest BCUT2D eigenvalue weighted by atomic mass is 35.5. The van der Waals surface area contributed by atoms with Crippen LogP contribution in [-0.4, -0.2) is 41.5 Å². The maximum Gasteiger partial charge on any atom is 0.490 e. The minimum atomic E-state index is -5.08. The quantitative estimate of drug-likeness (QED) is 0.274. The number of sulfonamides is 1. The first-order chi connectivity index (χ1) is 18.6. The van der Waals surface area contributed by atoms with Crippen LogP contribution in [0.4, 0.5) is 24.0 Å². The lowest BCUT2D eigenvalue weighted by Crippen LogP contribution is -2.21. The van der Waals surface area contributed by atoms with Gasteiger partial charge in [-0.15, -0.1) is 0 Å². The van der Waals surface area contributed by atoms with Crippen molar-refractivity contribution in [1.29, 1.82) is 0 Å². The van der Waals surface area contributed by atoms with Crippen molar-refractivity contribution in [3.63, 3.8) is 0 Å². The third kappa shape index (κ3) is 7.92. The molecule has 2 heterocycles. The van der Waals surface area contributed by atoms with Crippen molar-refractivity contribution in [1.82, 2.24) is 9.97 Å². The SMILES string of the molecule is Cc1ccc(-c2sc(NC(=O)C3CCCC3)nc2C)cc1S(=O)(=O)Nc1cnc(Cl)c(C)c1.O=C(O)C(F)(F)F. The van der Waals surface area contributed by atoms with Gasteiger partial charge in [-0.05, 0) is 62.4 Å². The Morgan fingerprint density at radius 3 is 2.30 bits per heavy atom. The van der Waals surface area contributed by atoms with E-state index in [9.17, 15) is 26.4 Å². The van der Waals surface area contributed by atoms with Gasteiger partial charge in [0.25, 0.3) is 10.0 Å². The summed E-state index contributed by atoms with van der Waals surface area (Å²) in [6.07, 6.45) is 0.301. The van der Waals surface area contributed by atoms with Gasteiger partial charge >= 0.3 is 12.1 Å². The summed E-state index contributed by atoms with van der Waals surface area (Å²) in [5.74, 6) is -2.70. The Kier molecular flexibility index (Phi) is 9.80. The smallest absolute Gasteiger partial charge is 0.475 e. The second kappa shape index (κ2) is 12.5. The maximum atomic E-state index is 13.1. The van der Waals surface area contributed by atoms with E-state index in [-0.39, 0.29) is 16.7 Å². The molecule has 0 spiro atoms. The molecule has 0 atom stereocenters. The molecule has 0 saturated heterocycles. The molecule has 3 aromatic rings. The van der Waals surface area contributed by atoms with Crippen LogP contribution in [0.3, 0.4) is 0 Å². The molecular formula is C25H26ClF3N4O5S2. The molecule has 40 heavy (non-hydrogen) atoms. The molecule has 1 aliphatic carbocycles. The Balaban J connectivity index is 0.000000559. The fourth-order valence-corrected chi connectivity index (χ4v) is 6.34. The van der Waals surface area contributed by atoms with Crippen LogP contribution >= 0.6 is 22.9 Å². The molecule has 0 unspecified atom stereocenters. The standard InChI is InChI=1S/C23H25ClN4O3S2.C2HF3O2/c1-13-8-9-17(11-19(13)33(30,31)28-18-10-14(2)21(24)25-12-18)20-15(3)26-23(32-20)27-22(29)16-6-4-5-7-16;3-2(4,5)1(6)7/h8-12,16,28H,4-7H2,1-3H3,(H,26,27,29);(H,6,7). The zero-order chi connectivity index (χ0) is 29.8. The Bertz CT molecular complexity index is 1520. The number of benzene rings is 1. The molecule has 0 bridgehead atoms. The largest absolute Gasteiger partial charge is 0.490 e. The number of amides is 1. The molecule has 15 heteroatoms. The van der Waals surface area contributed by atoms with E-state index in [4.69, 9.17) is 21.5 Å². The van der Waals surface area contributed by atoms with Gasteiger partial charge in [-0.2, -0.15) is 13.2 Å². The predicted octanol–water partition coefficient (Wildman–Crippen LogP) is 6.35. The topological polar surface area (TPSA) is 138 Å². The number of carbonyl (C=O) groups excluding carboxylic acids is 1. The maximum absolute atomic E-state index is 13.1. The molecular weight excluding hydrogens is 593 g/mol. The number of hydrogen-bond acceptors (Lipinski definition) is 7. The van der Waals surface area contributed by atoms with E-state index >= 15 is 0 Å². The van der Waals surface area contributed by atoms with Crippen molar-refractivity contribution >= 4 is 55.7 Å². The third-order valence-electron chi connectivity index (χ3n) is 6.00. The summed E-state index contributed by atoms with van der Waals surface area (Å²) in [4.78, 5) is 30.9. The number of aryl methyl sites for hydroxylation is 3. The van der Waals surface area contributed by atoms with Gasteiger partial charge < -0.3 is 10.4 Å². The average molecular weight is 619 g/mol. The second-order valence-electron chi connectivity index (χ2n) is 9.12. The fourth-order valence-electron chi connectivity index (χ4n) is 3.97. The van der Waals surface area contributed by atoms with Crippen LogP contribution in [0.25, 0.3) is 10.4 Å². The number of alkyl halides is 3. The van der Waals surface area contributed by atoms with Crippen LogP contribution < -0.4 is 10.0 Å². The monoisotopic (exact) mass is 618 g/mol. The summed E-state index contributed by atoms with van der Waals surface area (Å²) in [5.41, 5.74) is 3.09. The third-order valence-corrected chi connectivity index (χ3v) is 9.04. The Morgan fingerprint density at radius 2 is 1.73 bits per heavy atom. The number of pyridine rings is 1. The summed E-state index contributed by atoms with van der Waals surface area (Å²) < 4.78 is 60.6. The first-order valence-corrected chi connectivity index (χ1v) is 14.6. The van der Waals surface area contributed by atoms with Gasteiger partial charge in [0, 0.05) is 5.92 Å². The minimum Gasteiger partial charge on any atom is -0.475 e. The highest BCUT2D eigenvalue weighted by molar-refractivity contribution is 7.92. The second-order valence-corrected chi connectivity index (χ2v) is 12.1. The number of thiazole rings is 1. The van der Waals surface area contributed by atoms with Crippen molar-refractivity contribution in [3.8, 4) is 10.4 Å². The average Bonchev–Trinajstić information content (AvgIpc) is 3.51. The Labute approximate surface area is 237 Å². The summed E-state index contributed by atoms with van der Waals surface area (Å²) in [6, 6.07) is 6.91. The first-order valence-electron chi connectivity index (χ1n) is 11.9. The van der Waals surface area contributed by atoms with Crippen molar-refractivity contribution in [2.24, 2.45) is 5.92 Å². The number of nitrogens with one attached hydrogen (secondary N) is 2. The lowest BCUT2D eigenvalue weighted by atomic mass is 10.1. The zero-order valence-electron chi connectivity index (χ0n) is 21.6. The first kappa shape index (κ1) is 31.3. The number of carboxylic acids is 1. The van der Waals surface area contributed by atoms with Crippen molar-refractivity contribution in [3.05, 3.63) is 52.4 Å². The Morgan fingerprint density at radius 1 is 1.10 bits per heavy atom. The number of aromatic nitrogens is 2. The molecule has 0 radical (unpaired) electrons. The number of anilines is 2. The number of rotatable bonds is 6. The van der Waals surface area contributed by atoms with E-state index in [1.165, 1.54) is 17.5 Å². The molecule has 4 rings (SSSR count). The number of aliphatic carboxylic acids is 1. The van der Waals surface area contributed by atoms with Gasteiger partial charge in [-0.25, -0.2) is 23.2 Å². The minimum absolute atomic E-state index is 0.0102. The van der Waals surface area contributed by atoms with Gasteiger partial charge in [0.15, 0.2) is 5.13 Å². The van der Waals surface area contributed by atoms with Gasteiger partial charge in [-0.1, -0.05) is 47.9 Å². The van der Waals surface area contributed by atoms with Crippen LogP contribution in [0.2, 0.25) is 5.15 Å². The highest BCUT2D eigenvalue weighted by Gasteiger charge is 2.38. The van der Waals surface area contributed by atoms with E-state index in [2.05, 4.69) is 20.0 Å². The van der Waals surface area contributed by atoms with Crippen LogP contribution in [0.5, 0.6) is 0 Å². The van der Waals surface area contributed by atoms with Crippen LogP contribution in [0.15, 0.2) is 35.4 Å². The summed E-state index contributed by atoms with van der Waals surface area (Å²) in [6.45, 7) is 5.36. The number of hydrogen-bond donors (Lipinski definition) is 3.